The van der Waals surface area contributed by atoms with Crippen molar-refractivity contribution in [3.05, 3.63) is 0 Å². The first-order chi connectivity index (χ1) is 6.31. The molecule has 0 radical (unpaired) electrons. The lowest BCUT2D eigenvalue weighted by atomic mass is 9.99. The van der Waals surface area contributed by atoms with Crippen molar-refractivity contribution in [2.45, 2.75) is 65.2 Å². The first-order valence-electron chi connectivity index (χ1n) is 6.01. The van der Waals surface area contributed by atoms with Crippen molar-refractivity contribution in [2.75, 3.05) is 6.54 Å². The van der Waals surface area contributed by atoms with E-state index in [0.29, 0.717) is 0 Å². The third-order valence-electron chi connectivity index (χ3n) is 2.71. The van der Waals surface area contributed by atoms with Gasteiger partial charge in [-0.3, -0.25) is 0 Å². The average molecular weight is 185 g/mol. The van der Waals surface area contributed by atoms with Gasteiger partial charge in [-0.15, -0.1) is 0 Å². The molecule has 0 saturated carbocycles. The van der Waals surface area contributed by atoms with Crippen LogP contribution in [0.25, 0.3) is 0 Å². The van der Waals surface area contributed by atoms with Crippen molar-refractivity contribution in [1.82, 2.24) is 0 Å². The summed E-state index contributed by atoms with van der Waals surface area (Å²) in [7, 11) is 0. The van der Waals surface area contributed by atoms with Gasteiger partial charge < -0.3 is 5.73 Å². The summed E-state index contributed by atoms with van der Waals surface area (Å²) in [5, 5.41) is 0. The average Bonchev–Trinajstić information content (AvgIpc) is 2.11. The van der Waals surface area contributed by atoms with Crippen LogP contribution in [0.2, 0.25) is 0 Å². The van der Waals surface area contributed by atoms with Gasteiger partial charge in [0, 0.05) is 0 Å². The molecule has 1 nitrogen and oxygen atoms in total. The van der Waals surface area contributed by atoms with Crippen LogP contribution >= 0.6 is 0 Å². The molecule has 0 bridgehead atoms. The summed E-state index contributed by atoms with van der Waals surface area (Å²) in [5.41, 5.74) is 5.50. The summed E-state index contributed by atoms with van der Waals surface area (Å²) in [6, 6.07) is 0. The van der Waals surface area contributed by atoms with Crippen LogP contribution in [0.15, 0.2) is 0 Å². The normalized spacial score (nSPS) is 13.2. The highest BCUT2D eigenvalue weighted by molar-refractivity contribution is 4.54. The molecule has 0 aromatic heterocycles. The number of unbranched alkanes of at least 4 members (excludes halogenated alkanes) is 5. The van der Waals surface area contributed by atoms with Crippen molar-refractivity contribution >= 4 is 0 Å². The molecule has 0 rings (SSSR count). The first-order valence-corrected chi connectivity index (χ1v) is 6.01. The summed E-state index contributed by atoms with van der Waals surface area (Å²) < 4.78 is 0. The zero-order valence-corrected chi connectivity index (χ0v) is 9.52. The highest BCUT2D eigenvalue weighted by atomic mass is 14.5. The Morgan fingerprint density at radius 2 is 1.54 bits per heavy atom. The highest BCUT2D eigenvalue weighted by Crippen LogP contribution is 2.13. The molecule has 0 aliphatic rings. The molecule has 0 heterocycles. The summed E-state index contributed by atoms with van der Waals surface area (Å²) in [6.45, 7) is 5.44. The molecular formula is C12H27N. The van der Waals surface area contributed by atoms with Crippen LogP contribution < -0.4 is 5.73 Å². The smallest absolute Gasteiger partial charge is 0.00747 e. The van der Waals surface area contributed by atoms with Gasteiger partial charge >= 0.3 is 0 Å². The molecule has 0 aromatic carbocycles. The van der Waals surface area contributed by atoms with Crippen LogP contribution in [0.5, 0.6) is 0 Å². The predicted molar refractivity (Wildman–Crippen MR) is 60.8 cm³/mol. The quantitative estimate of drug-likeness (QED) is 0.544. The minimum Gasteiger partial charge on any atom is -0.330 e. The fraction of sp³-hybridized carbons (Fsp3) is 1.00. The van der Waals surface area contributed by atoms with Crippen molar-refractivity contribution in [1.29, 1.82) is 0 Å². The molecule has 0 aromatic rings. The minimum atomic E-state index is 0.844. The zero-order valence-electron chi connectivity index (χ0n) is 9.52. The Hall–Kier alpha value is -0.0400. The molecule has 0 saturated heterocycles. The molecule has 80 valence electrons. The summed E-state index contributed by atoms with van der Waals surface area (Å²) in [4.78, 5) is 0. The maximum Gasteiger partial charge on any atom is -0.00747 e. The van der Waals surface area contributed by atoms with Crippen molar-refractivity contribution < 1.29 is 0 Å². The molecule has 0 aliphatic carbocycles. The summed E-state index contributed by atoms with van der Waals surface area (Å²) >= 11 is 0. The van der Waals surface area contributed by atoms with Crippen LogP contribution in [0, 0.1) is 5.92 Å². The second-order valence-corrected chi connectivity index (χ2v) is 4.24. The van der Waals surface area contributed by atoms with Gasteiger partial charge in [0.05, 0.1) is 0 Å². The molecule has 0 aliphatic heterocycles. The van der Waals surface area contributed by atoms with Gasteiger partial charge in [0.15, 0.2) is 0 Å². The van der Waals surface area contributed by atoms with Crippen LogP contribution in [0.1, 0.15) is 65.2 Å². The Bertz CT molecular complexity index is 91.1. The standard InChI is InChI=1S/C12H27N/c1-3-4-5-6-7-8-9-12(2)10-11-13/h12H,3-11,13H2,1-2H3. The van der Waals surface area contributed by atoms with E-state index < -0.39 is 0 Å². The molecule has 1 heteroatoms. The van der Waals surface area contributed by atoms with E-state index in [1.54, 1.807) is 0 Å². The predicted octanol–water partition coefficient (Wildman–Crippen LogP) is 3.72. The van der Waals surface area contributed by atoms with Gasteiger partial charge in [0.2, 0.25) is 0 Å². The topological polar surface area (TPSA) is 26.0 Å². The summed E-state index contributed by atoms with van der Waals surface area (Å²) in [6.07, 6.45) is 11.0. The van der Waals surface area contributed by atoms with Crippen LogP contribution in [-0.2, 0) is 0 Å². The Morgan fingerprint density at radius 3 is 2.15 bits per heavy atom. The maximum atomic E-state index is 5.50. The molecule has 2 N–H and O–H groups in total. The van der Waals surface area contributed by atoms with E-state index in [4.69, 9.17) is 5.73 Å². The molecule has 1 unspecified atom stereocenters. The highest BCUT2D eigenvalue weighted by Gasteiger charge is 1.99. The molecule has 0 fully saturated rings. The third kappa shape index (κ3) is 9.88. The van der Waals surface area contributed by atoms with Crippen LogP contribution in [0.3, 0.4) is 0 Å². The molecule has 1 atom stereocenters. The maximum absolute atomic E-state index is 5.50. The van der Waals surface area contributed by atoms with E-state index >= 15 is 0 Å². The third-order valence-corrected chi connectivity index (χ3v) is 2.71. The summed E-state index contributed by atoms with van der Waals surface area (Å²) in [5.74, 6) is 0.844. The number of hydrogen-bond acceptors (Lipinski definition) is 1. The van der Waals surface area contributed by atoms with E-state index in [9.17, 15) is 0 Å². The SMILES string of the molecule is CCCCCCCCC(C)CCN. The minimum absolute atomic E-state index is 0.844. The fourth-order valence-corrected chi connectivity index (χ4v) is 1.70. The van der Waals surface area contributed by atoms with Gasteiger partial charge in [-0.2, -0.15) is 0 Å². The fourth-order valence-electron chi connectivity index (χ4n) is 1.70. The van der Waals surface area contributed by atoms with Gasteiger partial charge in [0.1, 0.15) is 0 Å². The Labute approximate surface area is 84.1 Å². The van der Waals surface area contributed by atoms with Gasteiger partial charge in [-0.25, -0.2) is 0 Å². The van der Waals surface area contributed by atoms with E-state index in [1.165, 1.54) is 51.4 Å². The first kappa shape index (κ1) is 13.0. The van der Waals surface area contributed by atoms with Crippen molar-refractivity contribution in [2.24, 2.45) is 11.7 Å². The molecular weight excluding hydrogens is 158 g/mol. The lowest BCUT2D eigenvalue weighted by Crippen LogP contribution is -2.05. The van der Waals surface area contributed by atoms with Gasteiger partial charge in [0.25, 0.3) is 0 Å². The lowest BCUT2D eigenvalue weighted by molar-refractivity contribution is 0.461. The largest absolute Gasteiger partial charge is 0.330 e. The van der Waals surface area contributed by atoms with Crippen molar-refractivity contribution in [3.63, 3.8) is 0 Å². The Morgan fingerprint density at radius 1 is 0.923 bits per heavy atom. The zero-order chi connectivity index (χ0) is 9.94. The molecule has 13 heavy (non-hydrogen) atoms. The number of nitrogens with two attached hydrogens (primary N) is 1. The Kier molecular flexibility index (Phi) is 10.0. The molecule has 0 spiro atoms. The number of rotatable bonds is 9. The van der Waals surface area contributed by atoms with Gasteiger partial charge in [-0.1, -0.05) is 58.8 Å². The van der Waals surface area contributed by atoms with Crippen LogP contribution in [-0.4, -0.2) is 6.54 Å². The second kappa shape index (κ2) is 10.0. The van der Waals surface area contributed by atoms with E-state index in [0.717, 1.165) is 12.5 Å². The van der Waals surface area contributed by atoms with E-state index in [1.807, 2.05) is 0 Å². The van der Waals surface area contributed by atoms with Gasteiger partial charge in [-0.05, 0) is 18.9 Å². The Balaban J connectivity index is 2.97. The second-order valence-electron chi connectivity index (χ2n) is 4.24. The lowest BCUT2D eigenvalue weighted by Gasteiger charge is -2.08. The van der Waals surface area contributed by atoms with E-state index in [2.05, 4.69) is 13.8 Å². The monoisotopic (exact) mass is 185 g/mol. The van der Waals surface area contributed by atoms with E-state index in [-0.39, 0.29) is 0 Å². The van der Waals surface area contributed by atoms with Crippen LogP contribution in [0.4, 0.5) is 0 Å². The number of hydrogen-bond donors (Lipinski definition) is 1. The molecule has 0 amide bonds. The van der Waals surface area contributed by atoms with Crippen molar-refractivity contribution in [3.8, 4) is 0 Å².